The lowest BCUT2D eigenvalue weighted by molar-refractivity contribution is 0.340. The van der Waals surface area contributed by atoms with Gasteiger partial charge in [0.1, 0.15) is 11.6 Å². The fraction of sp³-hybridized carbons (Fsp3) is 0.200. The van der Waals surface area contributed by atoms with Crippen LogP contribution in [0, 0.1) is 0 Å². The molecule has 35 heavy (non-hydrogen) atoms. The standard InChI is InChI=1S/C25H23Cl2N3O4S/c1-4-29(35(32,33)21-12-5-17(26)6-13-21)16(2)24-28-23-15-18(27)7-14-22(23)25(31)30(24)19-8-10-20(34-3)11-9-19/h5-16H,4H2,1-3H3. The second kappa shape index (κ2) is 9.99. The molecule has 0 amide bonds. The van der Waals surface area contributed by atoms with Gasteiger partial charge in [-0.3, -0.25) is 9.36 Å². The van der Waals surface area contributed by atoms with Crippen LogP contribution in [0.25, 0.3) is 16.6 Å². The number of aromatic nitrogens is 2. The number of hydrogen-bond acceptors (Lipinski definition) is 5. The summed E-state index contributed by atoms with van der Waals surface area (Å²) < 4.78 is 35.1. The fourth-order valence-corrected chi connectivity index (χ4v) is 5.85. The number of sulfonamides is 1. The van der Waals surface area contributed by atoms with Crippen LogP contribution < -0.4 is 10.3 Å². The van der Waals surface area contributed by atoms with Gasteiger partial charge in [0.15, 0.2) is 0 Å². The molecule has 1 aromatic heterocycles. The van der Waals surface area contributed by atoms with Crippen LogP contribution >= 0.6 is 23.2 Å². The lowest BCUT2D eigenvalue weighted by Gasteiger charge is -2.28. The molecule has 0 aliphatic heterocycles. The number of fused-ring (bicyclic) bond motifs is 1. The van der Waals surface area contributed by atoms with Gasteiger partial charge in [-0.25, -0.2) is 13.4 Å². The number of rotatable bonds is 7. The predicted molar refractivity (Wildman–Crippen MR) is 138 cm³/mol. The smallest absolute Gasteiger partial charge is 0.266 e. The van der Waals surface area contributed by atoms with E-state index >= 15 is 0 Å². The molecule has 1 unspecified atom stereocenters. The van der Waals surface area contributed by atoms with Crippen LogP contribution in [0.4, 0.5) is 0 Å². The normalized spacial score (nSPS) is 12.7. The van der Waals surface area contributed by atoms with Crippen molar-refractivity contribution < 1.29 is 13.2 Å². The Morgan fingerprint density at radius 2 is 1.63 bits per heavy atom. The third-order valence-electron chi connectivity index (χ3n) is 5.73. The first kappa shape index (κ1) is 25.2. The van der Waals surface area contributed by atoms with Crippen molar-refractivity contribution in [1.29, 1.82) is 0 Å². The topological polar surface area (TPSA) is 81.5 Å². The number of nitrogens with zero attached hydrogens (tertiary/aromatic N) is 3. The Morgan fingerprint density at radius 3 is 2.23 bits per heavy atom. The molecule has 3 aromatic carbocycles. The van der Waals surface area contributed by atoms with E-state index < -0.39 is 16.1 Å². The fourth-order valence-electron chi connectivity index (χ4n) is 3.96. The quantitative estimate of drug-likeness (QED) is 0.315. The van der Waals surface area contributed by atoms with Crippen LogP contribution in [0.15, 0.2) is 76.4 Å². The lowest BCUT2D eigenvalue weighted by Crippen LogP contribution is -2.37. The summed E-state index contributed by atoms with van der Waals surface area (Å²) in [5.74, 6) is 0.881. The van der Waals surface area contributed by atoms with Gasteiger partial charge >= 0.3 is 0 Å². The van der Waals surface area contributed by atoms with Gasteiger partial charge in [-0.1, -0.05) is 30.1 Å². The highest BCUT2D eigenvalue weighted by Gasteiger charge is 2.32. The second-order valence-corrected chi connectivity index (χ2v) is 10.6. The van der Waals surface area contributed by atoms with Gasteiger partial charge in [-0.2, -0.15) is 4.31 Å². The molecule has 0 N–H and O–H groups in total. The zero-order valence-corrected chi connectivity index (χ0v) is 21.6. The molecular formula is C25H23Cl2N3O4S. The third-order valence-corrected chi connectivity index (χ3v) is 8.27. The molecule has 0 bridgehead atoms. The van der Waals surface area contributed by atoms with Gasteiger partial charge in [0.05, 0.1) is 34.6 Å². The van der Waals surface area contributed by atoms with Crippen molar-refractivity contribution in [2.75, 3.05) is 13.7 Å². The minimum atomic E-state index is -3.93. The molecule has 0 spiro atoms. The molecular weight excluding hydrogens is 509 g/mol. The number of hydrogen-bond donors (Lipinski definition) is 0. The van der Waals surface area contributed by atoms with Crippen molar-refractivity contribution in [3.63, 3.8) is 0 Å². The van der Waals surface area contributed by atoms with Crippen molar-refractivity contribution in [2.24, 2.45) is 0 Å². The average Bonchev–Trinajstić information content (AvgIpc) is 2.84. The number of methoxy groups -OCH3 is 1. The molecule has 0 aliphatic carbocycles. The van der Waals surface area contributed by atoms with E-state index in [2.05, 4.69) is 0 Å². The van der Waals surface area contributed by atoms with Crippen LogP contribution in [0.1, 0.15) is 25.7 Å². The molecule has 0 radical (unpaired) electrons. The highest BCUT2D eigenvalue weighted by Crippen LogP contribution is 2.29. The number of benzene rings is 3. The van der Waals surface area contributed by atoms with Crippen LogP contribution in [-0.4, -0.2) is 35.9 Å². The lowest BCUT2D eigenvalue weighted by atomic mass is 10.2. The second-order valence-electron chi connectivity index (χ2n) is 7.81. The third kappa shape index (κ3) is 4.79. The summed E-state index contributed by atoms with van der Waals surface area (Å²) in [6.45, 7) is 3.59. The summed E-state index contributed by atoms with van der Waals surface area (Å²) in [5, 5.41) is 1.22. The average molecular weight is 532 g/mol. The summed E-state index contributed by atoms with van der Waals surface area (Å²) in [7, 11) is -2.37. The minimum absolute atomic E-state index is 0.0952. The molecule has 182 valence electrons. The molecule has 4 aromatic rings. The van der Waals surface area contributed by atoms with Crippen molar-refractivity contribution in [1.82, 2.24) is 13.9 Å². The van der Waals surface area contributed by atoms with E-state index in [4.69, 9.17) is 32.9 Å². The zero-order chi connectivity index (χ0) is 25.3. The maximum Gasteiger partial charge on any atom is 0.266 e. The summed E-state index contributed by atoms with van der Waals surface area (Å²) >= 11 is 12.1. The Bertz CT molecular complexity index is 1540. The van der Waals surface area contributed by atoms with Gasteiger partial charge in [0.2, 0.25) is 10.0 Å². The number of ether oxygens (including phenoxy) is 1. The molecule has 0 saturated heterocycles. The highest BCUT2D eigenvalue weighted by atomic mass is 35.5. The Kier molecular flexibility index (Phi) is 7.19. The van der Waals surface area contributed by atoms with E-state index in [1.807, 2.05) is 0 Å². The van der Waals surface area contributed by atoms with Crippen LogP contribution in [0.5, 0.6) is 5.75 Å². The molecule has 7 nitrogen and oxygen atoms in total. The van der Waals surface area contributed by atoms with E-state index in [1.54, 1.807) is 63.4 Å². The van der Waals surface area contributed by atoms with Gasteiger partial charge in [0.25, 0.3) is 5.56 Å². The highest BCUT2D eigenvalue weighted by molar-refractivity contribution is 7.89. The Hall–Kier alpha value is -2.91. The van der Waals surface area contributed by atoms with Crippen LogP contribution in [-0.2, 0) is 10.0 Å². The molecule has 1 heterocycles. The van der Waals surface area contributed by atoms with Crippen LogP contribution in [0.2, 0.25) is 10.0 Å². The van der Waals surface area contributed by atoms with Crippen molar-refractivity contribution >= 4 is 44.1 Å². The molecule has 1 atom stereocenters. The van der Waals surface area contributed by atoms with Crippen molar-refractivity contribution in [3.8, 4) is 11.4 Å². The first-order chi connectivity index (χ1) is 16.7. The van der Waals surface area contributed by atoms with E-state index in [1.165, 1.54) is 33.1 Å². The van der Waals surface area contributed by atoms with Crippen molar-refractivity contribution in [3.05, 3.63) is 93.0 Å². The van der Waals surface area contributed by atoms with Gasteiger partial charge < -0.3 is 4.74 Å². The summed E-state index contributed by atoms with van der Waals surface area (Å²) in [5.41, 5.74) is 0.578. The molecule has 4 rings (SSSR count). The maximum absolute atomic E-state index is 13.7. The van der Waals surface area contributed by atoms with E-state index in [-0.39, 0.29) is 22.8 Å². The Labute approximate surface area is 213 Å². The minimum Gasteiger partial charge on any atom is -0.497 e. The molecule has 10 heteroatoms. The summed E-state index contributed by atoms with van der Waals surface area (Å²) in [4.78, 5) is 18.5. The Morgan fingerprint density at radius 1 is 1.00 bits per heavy atom. The summed E-state index contributed by atoms with van der Waals surface area (Å²) in [6.07, 6.45) is 0. The molecule has 0 saturated carbocycles. The largest absolute Gasteiger partial charge is 0.497 e. The molecule has 0 aliphatic rings. The van der Waals surface area contributed by atoms with Gasteiger partial charge in [-0.05, 0) is 73.7 Å². The maximum atomic E-state index is 13.7. The summed E-state index contributed by atoms with van der Waals surface area (Å²) in [6, 6.07) is 16.9. The zero-order valence-electron chi connectivity index (χ0n) is 19.3. The van der Waals surface area contributed by atoms with Crippen molar-refractivity contribution in [2.45, 2.75) is 24.8 Å². The first-order valence-corrected chi connectivity index (χ1v) is 13.0. The van der Waals surface area contributed by atoms with Crippen LogP contribution in [0.3, 0.4) is 0 Å². The van der Waals surface area contributed by atoms with Gasteiger partial charge in [-0.15, -0.1) is 0 Å². The van der Waals surface area contributed by atoms with Gasteiger partial charge in [0, 0.05) is 16.6 Å². The van der Waals surface area contributed by atoms with E-state index in [0.717, 1.165) is 0 Å². The monoisotopic (exact) mass is 531 g/mol. The predicted octanol–water partition coefficient (Wildman–Crippen LogP) is 5.47. The van der Waals surface area contributed by atoms with E-state index in [0.29, 0.717) is 32.4 Å². The SMILES string of the molecule is CCN(C(C)c1nc2cc(Cl)ccc2c(=O)n1-c1ccc(OC)cc1)S(=O)(=O)c1ccc(Cl)cc1. The van der Waals surface area contributed by atoms with E-state index in [9.17, 15) is 13.2 Å². The first-order valence-electron chi connectivity index (χ1n) is 10.8. The molecule has 0 fully saturated rings. The number of halogens is 2. The Balaban J connectivity index is 1.94.